The molecule has 0 spiro atoms. The van der Waals surface area contributed by atoms with Gasteiger partial charge in [0.05, 0.1) is 46.5 Å². The lowest BCUT2D eigenvalue weighted by Gasteiger charge is -2.24. The highest BCUT2D eigenvalue weighted by Crippen LogP contribution is 2.55. The second-order valence-corrected chi connectivity index (χ2v) is 28.8. The highest BCUT2D eigenvalue weighted by molar-refractivity contribution is 7.99. The van der Waals surface area contributed by atoms with Crippen molar-refractivity contribution in [1.82, 2.24) is 9.97 Å². The molecule has 2 aromatic heterocycles. The summed E-state index contributed by atoms with van der Waals surface area (Å²) in [6.07, 6.45) is 16.0. The third kappa shape index (κ3) is 20.5. The molecule has 2 atom stereocenters. The number of benzene rings is 7. The van der Waals surface area contributed by atoms with Crippen LogP contribution in [0, 0.1) is 17.8 Å². The van der Waals surface area contributed by atoms with E-state index in [1.54, 1.807) is 0 Å². The Morgan fingerprint density at radius 3 is 1.33 bits per heavy atom. The number of nitrogens with zero attached hydrogens (tertiary/aromatic N) is 2. The molecule has 2 aliphatic carbocycles. The van der Waals surface area contributed by atoms with Gasteiger partial charge >= 0.3 is 11.9 Å². The molecular weight excluding hydrogens is 1210 g/mol. The molecule has 91 heavy (non-hydrogen) atoms. The van der Waals surface area contributed by atoms with Crippen LogP contribution in [0.15, 0.2) is 182 Å². The van der Waals surface area contributed by atoms with E-state index < -0.39 is 23.1 Å². The summed E-state index contributed by atoms with van der Waals surface area (Å²) in [4.78, 5) is 32.5. The highest BCUT2D eigenvalue weighted by atomic mass is 35.5. The van der Waals surface area contributed by atoms with Crippen LogP contribution in [0.4, 0.5) is 0 Å². The van der Waals surface area contributed by atoms with Gasteiger partial charge in [-0.1, -0.05) is 187 Å². The molecule has 7 aromatic carbocycles. The second-order valence-electron chi connectivity index (χ2n) is 25.6. The molecule has 9 aromatic rings. The normalized spacial score (nSPS) is 14.7. The van der Waals surface area contributed by atoms with Crippen LogP contribution in [0.1, 0.15) is 157 Å². The number of aliphatic hydroxyl groups is 2. The van der Waals surface area contributed by atoms with Gasteiger partial charge in [-0.3, -0.25) is 9.59 Å². The number of halogens is 2. The molecular formula is C78H83Cl2N3O6S2. The number of hydrogen-bond acceptors (Lipinski definition) is 9. The van der Waals surface area contributed by atoms with E-state index in [2.05, 4.69) is 116 Å². The Balaban J connectivity index is 0.000000189. The van der Waals surface area contributed by atoms with Crippen molar-refractivity contribution < 1.29 is 30.0 Å². The van der Waals surface area contributed by atoms with Gasteiger partial charge in [0.1, 0.15) is 0 Å². The first-order chi connectivity index (χ1) is 43.5. The standard InChI is InChI=1S/2C35H36ClNO3S.C8H11N/c2*1-34(2,40)30-9-4-3-7-25(30)13-17-32(41-23-35(18-19-35)22-33(38)39)27-8-5-6-24(20-27)10-15-29-16-12-26-11-14-28(36)21-31(26)37-29;1-7-2-4-8(6-9)5-3-7/h2*3-12,14-16,20-21,32,40H,13,17-19,22-23H2,1-2H3,(H,38,39);2-5H,6,9H2,1H3/b2*15-10+;/t2*32-;/m11./s1. The fourth-order valence-electron chi connectivity index (χ4n) is 11.4. The van der Waals surface area contributed by atoms with Crippen molar-refractivity contribution in [2.24, 2.45) is 16.6 Å². The SMILES string of the molecule is CC(C)(O)c1ccccc1CC[C@@H](SCC1(CC(=O)O)CC1)c1cccc(/C=C/c2ccc3ccc(Cl)cc3n2)c1.CC(C)(O)c1ccccc1CC[C@@H](SCC1(CC(=O)O)CC1)c1cccc(/C=C/c2ccc3ccc(Cl)cc3n2)c1.Cc1ccc(CN)cc1. The van der Waals surface area contributed by atoms with Gasteiger partial charge in [-0.05, 0) is 195 Å². The van der Waals surface area contributed by atoms with E-state index in [0.717, 1.165) is 129 Å². The van der Waals surface area contributed by atoms with Crippen LogP contribution in [0.2, 0.25) is 10.0 Å². The lowest BCUT2D eigenvalue weighted by atomic mass is 9.90. The van der Waals surface area contributed by atoms with Crippen LogP contribution in [0.3, 0.4) is 0 Å². The summed E-state index contributed by atoms with van der Waals surface area (Å²) in [6, 6.07) is 61.2. The Bertz CT molecular complexity index is 3780. The average Bonchev–Trinajstić information content (AvgIpc) is 1.69. The molecule has 472 valence electrons. The Morgan fingerprint density at radius 1 is 0.538 bits per heavy atom. The molecule has 2 fully saturated rings. The molecule has 6 N–H and O–H groups in total. The van der Waals surface area contributed by atoms with Crippen molar-refractivity contribution in [3.8, 4) is 0 Å². The van der Waals surface area contributed by atoms with Crippen LogP contribution in [-0.2, 0) is 40.2 Å². The van der Waals surface area contributed by atoms with Gasteiger partial charge < -0.3 is 26.2 Å². The second kappa shape index (κ2) is 31.0. The van der Waals surface area contributed by atoms with E-state index >= 15 is 0 Å². The average molecular weight is 1290 g/mol. The van der Waals surface area contributed by atoms with Gasteiger partial charge in [-0.25, -0.2) is 9.97 Å². The number of hydrogen-bond donors (Lipinski definition) is 5. The van der Waals surface area contributed by atoms with E-state index in [1.807, 2.05) is 148 Å². The molecule has 11 rings (SSSR count). The number of carboxylic acids is 2. The number of fused-ring (bicyclic) bond motifs is 2. The molecule has 0 amide bonds. The van der Waals surface area contributed by atoms with Gasteiger partial charge in [-0.2, -0.15) is 23.5 Å². The third-order valence-corrected chi connectivity index (χ3v) is 20.9. The third-order valence-electron chi connectivity index (χ3n) is 17.0. The number of aromatic nitrogens is 2. The predicted octanol–water partition coefficient (Wildman–Crippen LogP) is 19.3. The molecule has 0 radical (unpaired) electrons. The zero-order chi connectivity index (χ0) is 64.8. The van der Waals surface area contributed by atoms with Crippen LogP contribution in [0.25, 0.3) is 46.1 Å². The molecule has 9 nitrogen and oxygen atoms in total. The van der Waals surface area contributed by atoms with E-state index in [1.165, 1.54) is 22.3 Å². The minimum absolute atomic E-state index is 0.0814. The van der Waals surface area contributed by atoms with Crippen molar-refractivity contribution in [3.63, 3.8) is 0 Å². The molecule has 2 saturated carbocycles. The van der Waals surface area contributed by atoms with E-state index in [-0.39, 0.29) is 34.2 Å². The topological polar surface area (TPSA) is 167 Å². The van der Waals surface area contributed by atoms with Crippen molar-refractivity contribution >= 4 is 105 Å². The van der Waals surface area contributed by atoms with E-state index in [0.29, 0.717) is 16.6 Å². The fraction of sp³-hybridized carbons (Fsp3) is 0.308. The van der Waals surface area contributed by atoms with Crippen molar-refractivity contribution in [3.05, 3.63) is 259 Å². The monoisotopic (exact) mass is 1290 g/mol. The molecule has 2 aliphatic rings. The lowest BCUT2D eigenvalue weighted by molar-refractivity contribution is -0.139. The zero-order valence-corrected chi connectivity index (χ0v) is 55.8. The Labute approximate surface area is 555 Å². The largest absolute Gasteiger partial charge is 0.481 e. The van der Waals surface area contributed by atoms with Gasteiger partial charge in [-0.15, -0.1) is 0 Å². The van der Waals surface area contributed by atoms with Crippen LogP contribution >= 0.6 is 46.7 Å². The minimum Gasteiger partial charge on any atom is -0.481 e. The van der Waals surface area contributed by atoms with Gasteiger partial charge in [0.25, 0.3) is 0 Å². The maximum absolute atomic E-state index is 11.5. The van der Waals surface area contributed by atoms with Gasteiger partial charge in [0.15, 0.2) is 0 Å². The molecule has 0 unspecified atom stereocenters. The fourth-order valence-corrected chi connectivity index (χ4v) is 14.9. The Morgan fingerprint density at radius 2 is 0.945 bits per heavy atom. The maximum atomic E-state index is 11.5. The number of thioether (sulfide) groups is 2. The first kappa shape index (κ1) is 68.3. The lowest BCUT2D eigenvalue weighted by Crippen LogP contribution is -2.18. The summed E-state index contributed by atoms with van der Waals surface area (Å²) in [7, 11) is 0. The number of pyridine rings is 2. The quantitative estimate of drug-likeness (QED) is 0.0370. The maximum Gasteiger partial charge on any atom is 0.303 e. The summed E-state index contributed by atoms with van der Waals surface area (Å²) in [5, 5.41) is 44.2. The number of carboxylic acid groups (broad SMARTS) is 2. The highest BCUT2D eigenvalue weighted by Gasteiger charge is 2.45. The minimum atomic E-state index is -0.911. The Kier molecular flexibility index (Phi) is 23.3. The van der Waals surface area contributed by atoms with Gasteiger partial charge in [0, 0.05) is 49.4 Å². The van der Waals surface area contributed by atoms with Gasteiger partial charge in [0.2, 0.25) is 0 Å². The number of rotatable bonds is 25. The smallest absolute Gasteiger partial charge is 0.303 e. The van der Waals surface area contributed by atoms with Crippen molar-refractivity contribution in [1.29, 1.82) is 0 Å². The van der Waals surface area contributed by atoms with Crippen LogP contribution in [0.5, 0.6) is 0 Å². The number of aryl methyl sites for hydroxylation is 3. The van der Waals surface area contributed by atoms with E-state index in [9.17, 15) is 30.0 Å². The summed E-state index contributed by atoms with van der Waals surface area (Å²) in [6.45, 7) is 10.0. The van der Waals surface area contributed by atoms with E-state index in [4.69, 9.17) is 38.9 Å². The van der Waals surface area contributed by atoms with Crippen molar-refractivity contribution in [2.75, 3.05) is 11.5 Å². The first-order valence-corrected chi connectivity index (χ1v) is 34.1. The number of aliphatic carboxylic acids is 2. The molecule has 0 bridgehead atoms. The number of nitrogens with two attached hydrogens (primary N) is 1. The summed E-state index contributed by atoms with van der Waals surface area (Å²) in [5.41, 5.74) is 18.2. The molecule has 0 aliphatic heterocycles. The van der Waals surface area contributed by atoms with Crippen molar-refractivity contribution in [2.45, 2.75) is 127 Å². The summed E-state index contributed by atoms with van der Waals surface area (Å²) < 4.78 is 0. The Hall–Kier alpha value is -7.06. The van der Waals surface area contributed by atoms with Crippen LogP contribution in [-0.4, -0.2) is 53.8 Å². The molecule has 13 heteroatoms. The number of carbonyl (C=O) groups is 2. The zero-order valence-electron chi connectivity index (χ0n) is 52.6. The first-order valence-electron chi connectivity index (χ1n) is 31.3. The molecule has 0 saturated heterocycles. The summed E-state index contributed by atoms with van der Waals surface area (Å²) >= 11 is 16.1. The van der Waals surface area contributed by atoms with Crippen LogP contribution < -0.4 is 5.73 Å². The summed E-state index contributed by atoms with van der Waals surface area (Å²) in [5.74, 6) is 0.243. The molecule has 2 heterocycles. The predicted molar refractivity (Wildman–Crippen MR) is 382 cm³/mol.